The number of aryl methyl sites for hydroxylation is 1. The summed E-state index contributed by atoms with van der Waals surface area (Å²) in [5, 5.41) is 0. The Bertz CT molecular complexity index is 477. The van der Waals surface area contributed by atoms with Crippen LogP contribution in [0.2, 0.25) is 0 Å². The van der Waals surface area contributed by atoms with Crippen molar-refractivity contribution in [2.45, 2.75) is 45.7 Å². The molecule has 1 aliphatic rings. The molecule has 0 radical (unpaired) electrons. The number of benzene rings is 1. The molecule has 1 aromatic carbocycles. The smallest absolute Gasteiger partial charge is 0.292 e. The van der Waals surface area contributed by atoms with E-state index in [1.807, 2.05) is 13.8 Å². The van der Waals surface area contributed by atoms with Gasteiger partial charge in [0.1, 0.15) is 0 Å². The summed E-state index contributed by atoms with van der Waals surface area (Å²) in [6.45, 7) is 6.77. The lowest BCUT2D eigenvalue weighted by Crippen LogP contribution is -2.34. The SMILES string of the molecule is C#CCN1CCC(CCc2ccc(C(F)(F)F)cc2)CC1.CC. The van der Waals surface area contributed by atoms with Crippen molar-refractivity contribution in [3.63, 3.8) is 0 Å². The van der Waals surface area contributed by atoms with Crippen molar-refractivity contribution in [2.24, 2.45) is 5.92 Å². The van der Waals surface area contributed by atoms with Crippen LogP contribution in [0, 0.1) is 18.3 Å². The van der Waals surface area contributed by atoms with Gasteiger partial charge in [-0.25, -0.2) is 0 Å². The summed E-state index contributed by atoms with van der Waals surface area (Å²) >= 11 is 0. The number of halogens is 3. The van der Waals surface area contributed by atoms with Crippen LogP contribution in [0.5, 0.6) is 0 Å². The van der Waals surface area contributed by atoms with Gasteiger partial charge >= 0.3 is 6.18 Å². The van der Waals surface area contributed by atoms with Crippen LogP contribution in [0.15, 0.2) is 24.3 Å². The van der Waals surface area contributed by atoms with Gasteiger partial charge in [-0.2, -0.15) is 13.2 Å². The molecule has 128 valence electrons. The number of hydrogen-bond acceptors (Lipinski definition) is 1. The minimum atomic E-state index is -4.25. The molecule has 1 fully saturated rings. The summed E-state index contributed by atoms with van der Waals surface area (Å²) in [5.74, 6) is 3.32. The molecular weight excluding hydrogens is 299 g/mol. The first kappa shape index (κ1) is 19.6. The first-order chi connectivity index (χ1) is 11.0. The number of hydrogen-bond donors (Lipinski definition) is 0. The third kappa shape index (κ3) is 6.66. The van der Waals surface area contributed by atoms with Crippen molar-refractivity contribution >= 4 is 0 Å². The summed E-state index contributed by atoms with van der Waals surface area (Å²) in [4.78, 5) is 2.27. The maximum Gasteiger partial charge on any atom is 0.416 e. The molecule has 1 heterocycles. The molecule has 0 N–H and O–H groups in total. The summed E-state index contributed by atoms with van der Waals surface area (Å²) in [7, 11) is 0. The molecule has 2 rings (SSSR count). The number of piperidine rings is 1. The number of rotatable bonds is 4. The van der Waals surface area contributed by atoms with E-state index in [9.17, 15) is 13.2 Å². The topological polar surface area (TPSA) is 3.24 Å². The van der Waals surface area contributed by atoms with E-state index in [0.717, 1.165) is 44.3 Å². The first-order valence-corrected chi connectivity index (χ1v) is 8.31. The lowest BCUT2D eigenvalue weighted by molar-refractivity contribution is -0.137. The van der Waals surface area contributed by atoms with Gasteiger partial charge in [0.2, 0.25) is 0 Å². The van der Waals surface area contributed by atoms with Crippen molar-refractivity contribution < 1.29 is 13.2 Å². The molecule has 0 amide bonds. The molecule has 1 aromatic rings. The standard InChI is InChI=1S/C17H20F3N.C2H6/c1-2-11-21-12-9-15(10-13-21)4-3-14-5-7-16(8-6-14)17(18,19)20;1-2/h1,5-8,15H,3-4,9-13H2;1-2H3. The second-order valence-electron chi connectivity index (χ2n) is 5.66. The van der Waals surface area contributed by atoms with Crippen molar-refractivity contribution in [3.05, 3.63) is 35.4 Å². The summed E-state index contributed by atoms with van der Waals surface area (Å²) < 4.78 is 37.4. The maximum atomic E-state index is 12.5. The van der Waals surface area contributed by atoms with Crippen LogP contribution in [0.3, 0.4) is 0 Å². The molecule has 23 heavy (non-hydrogen) atoms. The van der Waals surface area contributed by atoms with Crippen molar-refractivity contribution in [1.29, 1.82) is 0 Å². The third-order valence-corrected chi connectivity index (χ3v) is 4.14. The minimum Gasteiger partial charge on any atom is -0.292 e. The highest BCUT2D eigenvalue weighted by molar-refractivity contribution is 5.24. The van der Waals surface area contributed by atoms with Crippen LogP contribution in [-0.4, -0.2) is 24.5 Å². The molecule has 1 aliphatic heterocycles. The van der Waals surface area contributed by atoms with Gasteiger partial charge in [0, 0.05) is 0 Å². The fraction of sp³-hybridized carbons (Fsp3) is 0.579. The second kappa shape index (κ2) is 9.62. The highest BCUT2D eigenvalue weighted by atomic mass is 19.4. The molecule has 1 nitrogen and oxygen atoms in total. The van der Waals surface area contributed by atoms with Crippen molar-refractivity contribution in [3.8, 4) is 12.3 Å². The molecule has 0 atom stereocenters. The van der Waals surface area contributed by atoms with E-state index >= 15 is 0 Å². The highest BCUT2D eigenvalue weighted by Crippen LogP contribution is 2.29. The van der Waals surface area contributed by atoms with Crippen LogP contribution in [-0.2, 0) is 12.6 Å². The number of terminal acetylenes is 1. The van der Waals surface area contributed by atoms with Gasteiger partial charge in [-0.3, -0.25) is 4.90 Å². The molecule has 0 saturated carbocycles. The monoisotopic (exact) mass is 325 g/mol. The number of alkyl halides is 3. The molecule has 0 unspecified atom stereocenters. The molecule has 0 bridgehead atoms. The van der Waals surface area contributed by atoms with Crippen LogP contribution in [0.1, 0.15) is 44.2 Å². The highest BCUT2D eigenvalue weighted by Gasteiger charge is 2.29. The fourth-order valence-electron chi connectivity index (χ4n) is 2.79. The van der Waals surface area contributed by atoms with E-state index in [4.69, 9.17) is 6.42 Å². The molecule has 4 heteroatoms. The third-order valence-electron chi connectivity index (χ3n) is 4.14. The summed E-state index contributed by atoms with van der Waals surface area (Å²) in [6, 6.07) is 5.53. The van der Waals surface area contributed by atoms with Crippen LogP contribution >= 0.6 is 0 Å². The lowest BCUT2D eigenvalue weighted by atomic mass is 9.90. The normalized spacial score (nSPS) is 16.3. The van der Waals surface area contributed by atoms with Crippen LogP contribution in [0.4, 0.5) is 13.2 Å². The molecule has 0 spiro atoms. The van der Waals surface area contributed by atoms with E-state index in [0.29, 0.717) is 12.5 Å². The Kier molecular flexibility index (Phi) is 8.19. The lowest BCUT2D eigenvalue weighted by Gasteiger charge is -2.30. The van der Waals surface area contributed by atoms with Crippen molar-refractivity contribution in [2.75, 3.05) is 19.6 Å². The minimum absolute atomic E-state index is 0.575. The van der Waals surface area contributed by atoms with Crippen LogP contribution < -0.4 is 0 Å². The van der Waals surface area contributed by atoms with E-state index < -0.39 is 11.7 Å². The quantitative estimate of drug-likeness (QED) is 0.703. The second-order valence-corrected chi connectivity index (χ2v) is 5.66. The maximum absolute atomic E-state index is 12.5. The van der Waals surface area contributed by atoms with Gasteiger partial charge < -0.3 is 0 Å². The zero-order chi connectivity index (χ0) is 17.3. The largest absolute Gasteiger partial charge is 0.416 e. The molecule has 1 saturated heterocycles. The average molecular weight is 325 g/mol. The number of nitrogens with zero attached hydrogens (tertiary/aromatic N) is 1. The molecule has 0 aliphatic carbocycles. The number of likely N-dealkylation sites (tertiary alicyclic amines) is 1. The van der Waals surface area contributed by atoms with E-state index in [1.54, 1.807) is 12.1 Å². The van der Waals surface area contributed by atoms with E-state index in [2.05, 4.69) is 10.8 Å². The Hall–Kier alpha value is -1.47. The average Bonchev–Trinajstić information content (AvgIpc) is 2.56. The summed E-state index contributed by atoms with van der Waals surface area (Å²) in [5.41, 5.74) is 0.405. The van der Waals surface area contributed by atoms with Gasteiger partial charge in [0.25, 0.3) is 0 Å². The Morgan fingerprint density at radius 3 is 2.17 bits per heavy atom. The van der Waals surface area contributed by atoms with E-state index in [-0.39, 0.29) is 0 Å². The fourth-order valence-corrected chi connectivity index (χ4v) is 2.79. The van der Waals surface area contributed by atoms with E-state index in [1.165, 1.54) is 12.1 Å². The Balaban J connectivity index is 0.00000127. The summed E-state index contributed by atoms with van der Waals surface area (Å²) in [6.07, 6.45) is 5.19. The molecular formula is C19H26F3N. The predicted molar refractivity (Wildman–Crippen MR) is 89.1 cm³/mol. The van der Waals surface area contributed by atoms with Gasteiger partial charge in [-0.1, -0.05) is 31.9 Å². The van der Waals surface area contributed by atoms with Gasteiger partial charge in [-0.05, 0) is 62.4 Å². The van der Waals surface area contributed by atoms with Gasteiger partial charge in [0.05, 0.1) is 12.1 Å². The predicted octanol–water partition coefficient (Wildman–Crippen LogP) is 5.01. The van der Waals surface area contributed by atoms with Crippen LogP contribution in [0.25, 0.3) is 0 Å². The molecule has 0 aromatic heterocycles. The Labute approximate surface area is 137 Å². The van der Waals surface area contributed by atoms with Gasteiger partial charge in [0.15, 0.2) is 0 Å². The van der Waals surface area contributed by atoms with Crippen molar-refractivity contribution in [1.82, 2.24) is 4.90 Å². The zero-order valence-corrected chi connectivity index (χ0v) is 14.0. The Morgan fingerprint density at radius 2 is 1.70 bits per heavy atom. The van der Waals surface area contributed by atoms with Gasteiger partial charge in [-0.15, -0.1) is 6.42 Å². The first-order valence-electron chi connectivity index (χ1n) is 8.31. The Morgan fingerprint density at radius 1 is 1.13 bits per heavy atom. The zero-order valence-electron chi connectivity index (χ0n) is 14.0.